The van der Waals surface area contributed by atoms with Gasteiger partial charge in [0.05, 0.1) is 12.7 Å². The van der Waals surface area contributed by atoms with E-state index in [1.54, 1.807) is 0 Å². The Labute approximate surface area is 70.9 Å². The molecule has 0 aliphatic carbocycles. The minimum absolute atomic E-state index is 0.690. The topological polar surface area (TPSA) is 101 Å². The average Bonchev–Trinajstić information content (AvgIpc) is 2.01. The van der Waals surface area contributed by atoms with Crippen LogP contribution in [0, 0.1) is 6.92 Å². The number of aliphatic hydroxyl groups excluding tert-OH is 4. The number of hydrogen-bond donors (Lipinski definition) is 5. The molecule has 4 atom stereocenters. The molecule has 0 aromatic carbocycles. The monoisotopic (exact) mass is 179 g/mol. The third-order valence-electron chi connectivity index (χ3n) is 1.82. The second-order valence-corrected chi connectivity index (χ2v) is 2.94. The van der Waals surface area contributed by atoms with Gasteiger partial charge in [-0.15, -0.1) is 0 Å². The van der Waals surface area contributed by atoms with Gasteiger partial charge in [0.2, 0.25) is 0 Å². The van der Waals surface area contributed by atoms with Gasteiger partial charge in [-0.3, -0.25) is 0 Å². The first-order chi connectivity index (χ1) is 5.34. The molecule has 0 unspecified atom stereocenters. The van der Waals surface area contributed by atoms with E-state index in [9.17, 15) is 5.11 Å². The highest BCUT2D eigenvalue weighted by Crippen LogP contribution is 2.17. The van der Waals surface area contributed by atoms with Gasteiger partial charge in [0.25, 0.3) is 0 Å². The first-order valence-electron chi connectivity index (χ1n) is 3.54. The highest BCUT2D eigenvalue weighted by molar-refractivity contribution is 4.93. The Hall–Kier alpha value is -0.200. The van der Waals surface area contributed by atoms with Crippen LogP contribution in [0.15, 0.2) is 0 Å². The molecule has 0 fully saturated rings. The molecule has 0 aromatic rings. The molecule has 0 heterocycles. The maximum atomic E-state index is 9.33. The fourth-order valence-electron chi connectivity index (χ4n) is 0.686. The SMILES string of the molecule is [CH2][C@H](O)[C@@](C)(O)[C@H](O)[C@H](O)CO. The van der Waals surface area contributed by atoms with Gasteiger partial charge < -0.3 is 25.5 Å². The van der Waals surface area contributed by atoms with E-state index in [-0.39, 0.29) is 0 Å². The molecule has 5 N–H and O–H groups in total. The third kappa shape index (κ3) is 2.40. The van der Waals surface area contributed by atoms with E-state index in [0.717, 1.165) is 6.92 Å². The predicted molar refractivity (Wildman–Crippen MR) is 41.1 cm³/mol. The van der Waals surface area contributed by atoms with E-state index < -0.39 is 30.5 Å². The molecule has 0 saturated heterocycles. The van der Waals surface area contributed by atoms with Crippen LogP contribution in [0.1, 0.15) is 6.92 Å². The summed E-state index contributed by atoms with van der Waals surface area (Å²) < 4.78 is 0. The van der Waals surface area contributed by atoms with E-state index in [2.05, 4.69) is 6.92 Å². The van der Waals surface area contributed by atoms with Crippen molar-refractivity contribution in [3.63, 3.8) is 0 Å². The van der Waals surface area contributed by atoms with Crippen molar-refractivity contribution in [1.82, 2.24) is 0 Å². The summed E-state index contributed by atoms with van der Waals surface area (Å²) in [6.07, 6.45) is -4.56. The first-order valence-corrected chi connectivity index (χ1v) is 3.54. The summed E-state index contributed by atoms with van der Waals surface area (Å²) in [5.41, 5.74) is -1.93. The van der Waals surface area contributed by atoms with Crippen LogP contribution in [-0.4, -0.2) is 56.1 Å². The van der Waals surface area contributed by atoms with E-state index in [1.807, 2.05) is 0 Å². The molecule has 5 heteroatoms. The van der Waals surface area contributed by atoms with Crippen molar-refractivity contribution in [3.8, 4) is 0 Å². The molecule has 0 aromatic heterocycles. The molecule has 0 spiro atoms. The Morgan fingerprint density at radius 1 is 1.33 bits per heavy atom. The molecule has 0 aliphatic heterocycles. The quantitative estimate of drug-likeness (QED) is 0.332. The molecular weight excluding hydrogens is 164 g/mol. The fraction of sp³-hybridized carbons (Fsp3) is 0.857. The molecule has 0 saturated carbocycles. The van der Waals surface area contributed by atoms with Gasteiger partial charge in [-0.05, 0) is 13.8 Å². The van der Waals surface area contributed by atoms with E-state index in [1.165, 1.54) is 0 Å². The molecule has 12 heavy (non-hydrogen) atoms. The zero-order valence-corrected chi connectivity index (χ0v) is 6.88. The van der Waals surface area contributed by atoms with Gasteiger partial charge in [-0.25, -0.2) is 0 Å². The maximum Gasteiger partial charge on any atom is 0.116 e. The Morgan fingerprint density at radius 2 is 1.75 bits per heavy atom. The van der Waals surface area contributed by atoms with Gasteiger partial charge in [-0.1, -0.05) is 0 Å². The van der Waals surface area contributed by atoms with Crippen molar-refractivity contribution in [1.29, 1.82) is 0 Å². The zero-order valence-electron chi connectivity index (χ0n) is 6.88. The van der Waals surface area contributed by atoms with Crippen LogP contribution in [0.4, 0.5) is 0 Å². The molecule has 1 radical (unpaired) electrons. The van der Waals surface area contributed by atoms with E-state index >= 15 is 0 Å². The zero-order chi connectivity index (χ0) is 9.94. The number of rotatable bonds is 4. The third-order valence-corrected chi connectivity index (χ3v) is 1.82. The summed E-state index contributed by atoms with van der Waals surface area (Å²) in [7, 11) is 0. The minimum atomic E-state index is -1.93. The summed E-state index contributed by atoms with van der Waals surface area (Å²) in [5, 5.41) is 44.7. The maximum absolute atomic E-state index is 9.33. The summed E-state index contributed by atoms with van der Waals surface area (Å²) in [4.78, 5) is 0. The molecule has 0 rings (SSSR count). The Balaban J connectivity index is 4.34. The van der Waals surface area contributed by atoms with E-state index in [4.69, 9.17) is 20.4 Å². The van der Waals surface area contributed by atoms with Crippen molar-refractivity contribution in [2.24, 2.45) is 0 Å². The predicted octanol–water partition coefficient (Wildman–Crippen LogP) is -2.35. The Kier molecular flexibility index (Phi) is 4.09. The van der Waals surface area contributed by atoms with Crippen LogP contribution in [0.5, 0.6) is 0 Å². The molecule has 0 bridgehead atoms. The van der Waals surface area contributed by atoms with Gasteiger partial charge in [-0.2, -0.15) is 0 Å². The van der Waals surface area contributed by atoms with Crippen LogP contribution in [-0.2, 0) is 0 Å². The molecule has 5 nitrogen and oxygen atoms in total. The standard InChI is InChI=1S/C7H15O5/c1-4(9)7(2,12)6(11)5(10)3-8/h4-6,8-12H,1,3H2,2H3/t4-,5+,6+,7+/m0/s1. The molecule has 0 aliphatic rings. The summed E-state index contributed by atoms with van der Waals surface area (Å²) >= 11 is 0. The van der Waals surface area contributed by atoms with Crippen molar-refractivity contribution in [3.05, 3.63) is 6.92 Å². The number of aliphatic hydroxyl groups is 5. The smallest absolute Gasteiger partial charge is 0.116 e. The Morgan fingerprint density at radius 3 is 2.00 bits per heavy atom. The second kappa shape index (κ2) is 4.15. The minimum Gasteiger partial charge on any atom is -0.394 e. The lowest BCUT2D eigenvalue weighted by Crippen LogP contribution is -2.54. The van der Waals surface area contributed by atoms with Crippen LogP contribution >= 0.6 is 0 Å². The van der Waals surface area contributed by atoms with Crippen molar-refractivity contribution < 1.29 is 25.5 Å². The second-order valence-electron chi connectivity index (χ2n) is 2.94. The van der Waals surface area contributed by atoms with Crippen molar-refractivity contribution in [2.45, 2.75) is 30.8 Å². The molecule has 0 amide bonds. The highest BCUT2D eigenvalue weighted by atomic mass is 16.4. The largest absolute Gasteiger partial charge is 0.394 e. The lowest BCUT2D eigenvalue weighted by molar-refractivity contribution is -0.162. The van der Waals surface area contributed by atoms with Crippen molar-refractivity contribution >= 4 is 0 Å². The molecule has 73 valence electrons. The van der Waals surface area contributed by atoms with Crippen LogP contribution in [0.2, 0.25) is 0 Å². The average molecular weight is 179 g/mol. The van der Waals surface area contributed by atoms with Gasteiger partial charge in [0.15, 0.2) is 0 Å². The molecular formula is C7H15O5. The summed E-state index contributed by atoms with van der Waals surface area (Å²) in [6, 6.07) is 0. The summed E-state index contributed by atoms with van der Waals surface area (Å²) in [5.74, 6) is 0. The van der Waals surface area contributed by atoms with Gasteiger partial charge >= 0.3 is 0 Å². The van der Waals surface area contributed by atoms with Gasteiger partial charge in [0, 0.05) is 0 Å². The first kappa shape index (κ1) is 11.8. The normalized spacial score (nSPS) is 24.2. The number of hydrogen-bond acceptors (Lipinski definition) is 5. The van der Waals surface area contributed by atoms with Crippen LogP contribution in [0.3, 0.4) is 0 Å². The lowest BCUT2D eigenvalue weighted by Gasteiger charge is -2.33. The van der Waals surface area contributed by atoms with Crippen LogP contribution < -0.4 is 0 Å². The fourth-order valence-corrected chi connectivity index (χ4v) is 0.686. The highest BCUT2D eigenvalue weighted by Gasteiger charge is 2.39. The van der Waals surface area contributed by atoms with E-state index in [0.29, 0.717) is 0 Å². The summed E-state index contributed by atoms with van der Waals surface area (Å²) in [6.45, 7) is 3.53. The van der Waals surface area contributed by atoms with Crippen molar-refractivity contribution in [2.75, 3.05) is 6.61 Å². The van der Waals surface area contributed by atoms with Crippen LogP contribution in [0.25, 0.3) is 0 Å². The lowest BCUT2D eigenvalue weighted by atomic mass is 9.90. The Bertz CT molecular complexity index is 134. The van der Waals surface area contributed by atoms with Gasteiger partial charge in [0.1, 0.15) is 17.8 Å².